The third kappa shape index (κ3) is 2.46. The smallest absolute Gasteiger partial charge is 0.152 e. The minimum atomic E-state index is 0.154. The van der Waals surface area contributed by atoms with Crippen molar-refractivity contribution in [2.24, 2.45) is 5.92 Å². The molecule has 1 fully saturated rings. The lowest BCUT2D eigenvalue weighted by molar-refractivity contribution is 0.311. The standard InChI is InChI=1S/C12H18N2O/c1-2-9-3-5-10(6-4-9)12-13-7-11(15)8-14-12/h7-10,15H,2-6H2,1H3. The molecule has 1 aliphatic rings. The second kappa shape index (κ2) is 4.60. The fourth-order valence-electron chi connectivity index (χ4n) is 2.37. The van der Waals surface area contributed by atoms with E-state index in [1.165, 1.54) is 44.5 Å². The summed E-state index contributed by atoms with van der Waals surface area (Å²) >= 11 is 0. The SMILES string of the molecule is CCC1CCC(c2ncc(O)cn2)CC1. The zero-order chi connectivity index (χ0) is 10.7. The first-order valence-electron chi connectivity index (χ1n) is 5.80. The van der Waals surface area contributed by atoms with Crippen LogP contribution in [-0.2, 0) is 0 Å². The number of hydrogen-bond acceptors (Lipinski definition) is 3. The predicted octanol–water partition coefficient (Wildman–Crippen LogP) is 2.87. The van der Waals surface area contributed by atoms with E-state index >= 15 is 0 Å². The molecular weight excluding hydrogens is 188 g/mol. The molecule has 1 N–H and O–H groups in total. The highest BCUT2D eigenvalue weighted by Crippen LogP contribution is 2.35. The Labute approximate surface area is 90.6 Å². The lowest BCUT2D eigenvalue weighted by Crippen LogP contribution is -2.14. The molecule has 1 aliphatic carbocycles. The molecule has 0 bridgehead atoms. The van der Waals surface area contributed by atoms with Gasteiger partial charge in [-0.2, -0.15) is 0 Å². The van der Waals surface area contributed by atoms with Crippen molar-refractivity contribution < 1.29 is 5.11 Å². The van der Waals surface area contributed by atoms with Crippen LogP contribution in [0.25, 0.3) is 0 Å². The van der Waals surface area contributed by atoms with Crippen molar-refractivity contribution >= 4 is 0 Å². The molecule has 0 aliphatic heterocycles. The maximum Gasteiger partial charge on any atom is 0.152 e. The molecule has 1 aromatic heterocycles. The summed E-state index contributed by atoms with van der Waals surface area (Å²) in [6.07, 6.45) is 9.27. The molecule has 3 heteroatoms. The van der Waals surface area contributed by atoms with Gasteiger partial charge in [0.15, 0.2) is 5.75 Å². The Hall–Kier alpha value is -1.12. The van der Waals surface area contributed by atoms with E-state index in [1.54, 1.807) is 0 Å². The highest BCUT2D eigenvalue weighted by atomic mass is 16.3. The fourth-order valence-corrected chi connectivity index (χ4v) is 2.37. The van der Waals surface area contributed by atoms with Gasteiger partial charge in [0.2, 0.25) is 0 Å². The largest absolute Gasteiger partial charge is 0.505 e. The van der Waals surface area contributed by atoms with Crippen molar-refractivity contribution in [2.45, 2.75) is 44.9 Å². The number of aromatic nitrogens is 2. The Balaban J connectivity index is 1.98. The zero-order valence-electron chi connectivity index (χ0n) is 9.19. The van der Waals surface area contributed by atoms with Crippen molar-refractivity contribution in [1.29, 1.82) is 0 Å². The molecule has 0 unspecified atom stereocenters. The molecule has 1 saturated carbocycles. The normalized spacial score (nSPS) is 26.5. The van der Waals surface area contributed by atoms with E-state index in [2.05, 4.69) is 16.9 Å². The molecule has 15 heavy (non-hydrogen) atoms. The summed E-state index contributed by atoms with van der Waals surface area (Å²) in [7, 11) is 0. The van der Waals surface area contributed by atoms with Gasteiger partial charge in [-0.3, -0.25) is 0 Å². The number of hydrogen-bond donors (Lipinski definition) is 1. The van der Waals surface area contributed by atoms with Crippen LogP contribution in [0.1, 0.15) is 50.8 Å². The van der Waals surface area contributed by atoms with E-state index in [0.29, 0.717) is 5.92 Å². The second-order valence-electron chi connectivity index (χ2n) is 4.43. The van der Waals surface area contributed by atoms with E-state index in [1.807, 2.05) is 0 Å². The first kappa shape index (κ1) is 10.4. The van der Waals surface area contributed by atoms with Crippen molar-refractivity contribution in [3.8, 4) is 5.75 Å². The van der Waals surface area contributed by atoms with Crippen LogP contribution in [0.15, 0.2) is 12.4 Å². The average molecular weight is 206 g/mol. The molecule has 0 radical (unpaired) electrons. The van der Waals surface area contributed by atoms with Gasteiger partial charge in [0, 0.05) is 5.92 Å². The van der Waals surface area contributed by atoms with E-state index in [4.69, 9.17) is 5.11 Å². The Morgan fingerprint density at radius 1 is 1.20 bits per heavy atom. The Bertz CT molecular complexity index is 302. The predicted molar refractivity (Wildman–Crippen MR) is 58.7 cm³/mol. The molecule has 82 valence electrons. The van der Waals surface area contributed by atoms with Crippen LogP contribution in [-0.4, -0.2) is 15.1 Å². The molecule has 0 atom stereocenters. The Kier molecular flexibility index (Phi) is 3.19. The monoisotopic (exact) mass is 206 g/mol. The van der Waals surface area contributed by atoms with E-state index in [0.717, 1.165) is 11.7 Å². The second-order valence-corrected chi connectivity index (χ2v) is 4.43. The minimum absolute atomic E-state index is 0.154. The van der Waals surface area contributed by atoms with Crippen LogP contribution >= 0.6 is 0 Å². The van der Waals surface area contributed by atoms with Crippen LogP contribution in [0.4, 0.5) is 0 Å². The van der Waals surface area contributed by atoms with Gasteiger partial charge in [-0.25, -0.2) is 9.97 Å². The van der Waals surface area contributed by atoms with E-state index in [-0.39, 0.29) is 5.75 Å². The van der Waals surface area contributed by atoms with Crippen LogP contribution in [0.3, 0.4) is 0 Å². The molecule has 1 heterocycles. The van der Waals surface area contributed by atoms with Gasteiger partial charge >= 0.3 is 0 Å². The summed E-state index contributed by atoms with van der Waals surface area (Å²) in [5, 5.41) is 9.11. The number of aromatic hydroxyl groups is 1. The molecule has 0 aromatic carbocycles. The van der Waals surface area contributed by atoms with Gasteiger partial charge in [-0.1, -0.05) is 13.3 Å². The van der Waals surface area contributed by atoms with Crippen molar-refractivity contribution in [1.82, 2.24) is 9.97 Å². The molecule has 3 nitrogen and oxygen atoms in total. The molecule has 0 amide bonds. The van der Waals surface area contributed by atoms with Gasteiger partial charge in [0.05, 0.1) is 12.4 Å². The summed E-state index contributed by atoms with van der Waals surface area (Å²) in [4.78, 5) is 8.38. The van der Waals surface area contributed by atoms with Gasteiger partial charge < -0.3 is 5.11 Å². The molecular formula is C12H18N2O. The first-order chi connectivity index (χ1) is 7.29. The zero-order valence-corrected chi connectivity index (χ0v) is 9.19. The third-order valence-electron chi connectivity index (χ3n) is 3.45. The highest BCUT2D eigenvalue weighted by molar-refractivity contribution is 5.11. The topological polar surface area (TPSA) is 46.0 Å². The third-order valence-corrected chi connectivity index (χ3v) is 3.45. The maximum atomic E-state index is 9.11. The van der Waals surface area contributed by atoms with Gasteiger partial charge in [-0.15, -0.1) is 0 Å². The first-order valence-corrected chi connectivity index (χ1v) is 5.80. The fraction of sp³-hybridized carbons (Fsp3) is 0.667. The summed E-state index contributed by atoms with van der Waals surface area (Å²) in [6, 6.07) is 0. The summed E-state index contributed by atoms with van der Waals surface area (Å²) in [5.41, 5.74) is 0. The van der Waals surface area contributed by atoms with Crippen LogP contribution in [0.2, 0.25) is 0 Å². The van der Waals surface area contributed by atoms with Gasteiger partial charge in [0.1, 0.15) is 5.82 Å². The van der Waals surface area contributed by atoms with Crippen molar-refractivity contribution in [3.63, 3.8) is 0 Å². The summed E-state index contributed by atoms with van der Waals surface area (Å²) in [5.74, 6) is 2.47. The number of rotatable bonds is 2. The quantitative estimate of drug-likeness (QED) is 0.809. The summed E-state index contributed by atoms with van der Waals surface area (Å²) in [6.45, 7) is 2.27. The highest BCUT2D eigenvalue weighted by Gasteiger charge is 2.22. The van der Waals surface area contributed by atoms with E-state index in [9.17, 15) is 0 Å². The molecule has 2 rings (SSSR count). The molecule has 1 aromatic rings. The average Bonchev–Trinajstić information content (AvgIpc) is 2.30. The minimum Gasteiger partial charge on any atom is -0.505 e. The van der Waals surface area contributed by atoms with Gasteiger partial charge in [0.25, 0.3) is 0 Å². The molecule has 0 spiro atoms. The Morgan fingerprint density at radius 3 is 2.33 bits per heavy atom. The van der Waals surface area contributed by atoms with Crippen LogP contribution in [0, 0.1) is 5.92 Å². The van der Waals surface area contributed by atoms with Crippen LogP contribution in [0.5, 0.6) is 5.75 Å². The lowest BCUT2D eigenvalue weighted by Gasteiger charge is -2.26. The number of nitrogens with zero attached hydrogens (tertiary/aromatic N) is 2. The molecule has 0 saturated heterocycles. The Morgan fingerprint density at radius 2 is 1.80 bits per heavy atom. The summed E-state index contributed by atoms with van der Waals surface area (Å²) < 4.78 is 0. The van der Waals surface area contributed by atoms with Gasteiger partial charge in [-0.05, 0) is 31.6 Å². The van der Waals surface area contributed by atoms with E-state index < -0.39 is 0 Å². The van der Waals surface area contributed by atoms with Crippen molar-refractivity contribution in [2.75, 3.05) is 0 Å². The van der Waals surface area contributed by atoms with Crippen LogP contribution < -0.4 is 0 Å². The van der Waals surface area contributed by atoms with Crippen molar-refractivity contribution in [3.05, 3.63) is 18.2 Å². The lowest BCUT2D eigenvalue weighted by atomic mass is 9.80. The maximum absolute atomic E-state index is 9.11.